The Labute approximate surface area is 186 Å². The number of rotatable bonds is 4. The molecule has 3 heterocycles. The lowest BCUT2D eigenvalue weighted by molar-refractivity contribution is -0.0643. The fourth-order valence-corrected chi connectivity index (χ4v) is 5.49. The van der Waals surface area contributed by atoms with E-state index in [0.717, 1.165) is 54.2 Å². The first-order valence-corrected chi connectivity index (χ1v) is 11.5. The Morgan fingerprint density at radius 2 is 2.03 bits per heavy atom. The zero-order valence-corrected chi connectivity index (χ0v) is 18.1. The van der Waals surface area contributed by atoms with Crippen molar-refractivity contribution in [3.63, 3.8) is 0 Å². The number of hydrogen-bond acceptors (Lipinski definition) is 6. The molecule has 0 bridgehead atoms. The molecule has 7 heteroatoms. The van der Waals surface area contributed by atoms with Crippen LogP contribution in [0, 0.1) is 11.8 Å². The van der Waals surface area contributed by atoms with E-state index in [-0.39, 0.29) is 24.1 Å². The van der Waals surface area contributed by atoms with Gasteiger partial charge in [-0.3, -0.25) is 4.98 Å². The normalized spacial score (nSPS) is 31.4. The van der Waals surface area contributed by atoms with Gasteiger partial charge < -0.3 is 19.9 Å². The second kappa shape index (κ2) is 7.38. The Hall–Kier alpha value is -2.31. The number of amidine groups is 1. The maximum Gasteiger partial charge on any atom is 0.283 e. The number of aliphatic imine (C=N–C) groups is 1. The first kappa shape index (κ1) is 19.4. The van der Waals surface area contributed by atoms with Crippen LogP contribution in [0.4, 0.5) is 0 Å². The summed E-state index contributed by atoms with van der Waals surface area (Å²) in [5.41, 5.74) is 8.51. The van der Waals surface area contributed by atoms with Gasteiger partial charge in [0.1, 0.15) is 24.0 Å². The zero-order chi connectivity index (χ0) is 21.0. The third kappa shape index (κ3) is 3.46. The van der Waals surface area contributed by atoms with E-state index in [2.05, 4.69) is 11.1 Å². The number of fused-ring (bicyclic) bond motifs is 4. The summed E-state index contributed by atoms with van der Waals surface area (Å²) in [6.07, 6.45) is 9.26. The summed E-state index contributed by atoms with van der Waals surface area (Å²) in [5.74, 6) is 1.78. The Balaban J connectivity index is 1.38. The molecule has 4 unspecified atom stereocenters. The molecule has 2 aromatic rings. The first-order chi connectivity index (χ1) is 15.1. The van der Waals surface area contributed by atoms with E-state index in [0.29, 0.717) is 11.6 Å². The van der Waals surface area contributed by atoms with E-state index in [4.69, 9.17) is 36.5 Å². The lowest BCUT2D eigenvalue weighted by atomic mass is 9.67. The van der Waals surface area contributed by atoms with Crippen molar-refractivity contribution in [2.45, 2.75) is 49.9 Å². The van der Waals surface area contributed by atoms with Gasteiger partial charge in [0, 0.05) is 36.0 Å². The molecule has 4 atom stereocenters. The van der Waals surface area contributed by atoms with Gasteiger partial charge in [-0.1, -0.05) is 17.7 Å². The number of halogens is 1. The summed E-state index contributed by atoms with van der Waals surface area (Å²) < 4.78 is 18.5. The van der Waals surface area contributed by atoms with Crippen LogP contribution in [0.5, 0.6) is 5.75 Å². The Kier molecular flexibility index (Phi) is 4.62. The molecule has 4 aliphatic rings. The second-order valence-corrected chi connectivity index (χ2v) is 9.68. The summed E-state index contributed by atoms with van der Waals surface area (Å²) in [6.45, 7) is 1.31. The maximum atomic E-state index is 6.50. The number of nitrogens with zero attached hydrogens (tertiary/aromatic N) is 2. The average Bonchev–Trinajstić information content (AvgIpc) is 3.53. The first-order valence-electron chi connectivity index (χ1n) is 11.1. The number of aromatic nitrogens is 1. The predicted octanol–water partition coefficient (Wildman–Crippen LogP) is 4.30. The molecule has 1 aromatic heterocycles. The molecular formula is C24H26ClN3O3. The Morgan fingerprint density at radius 3 is 2.81 bits per heavy atom. The van der Waals surface area contributed by atoms with Gasteiger partial charge in [-0.25, -0.2) is 4.99 Å². The van der Waals surface area contributed by atoms with Crippen molar-refractivity contribution in [2.24, 2.45) is 22.6 Å². The van der Waals surface area contributed by atoms with Gasteiger partial charge in [0.05, 0.1) is 11.1 Å². The molecule has 0 saturated heterocycles. The van der Waals surface area contributed by atoms with Crippen molar-refractivity contribution in [3.8, 4) is 16.9 Å². The highest BCUT2D eigenvalue weighted by Gasteiger charge is 2.55. The van der Waals surface area contributed by atoms with E-state index in [1.165, 1.54) is 12.8 Å². The van der Waals surface area contributed by atoms with Crippen LogP contribution >= 0.6 is 11.6 Å². The van der Waals surface area contributed by atoms with Crippen LogP contribution in [0.3, 0.4) is 0 Å². The van der Waals surface area contributed by atoms with Crippen LogP contribution in [-0.4, -0.2) is 36.4 Å². The average molecular weight is 440 g/mol. The third-order valence-corrected chi connectivity index (χ3v) is 7.34. The molecular weight excluding hydrogens is 414 g/mol. The molecule has 31 heavy (non-hydrogen) atoms. The molecule has 0 radical (unpaired) electrons. The van der Waals surface area contributed by atoms with Crippen molar-refractivity contribution in [1.29, 1.82) is 0 Å². The van der Waals surface area contributed by atoms with Gasteiger partial charge in [0.25, 0.3) is 6.02 Å². The van der Waals surface area contributed by atoms with Crippen LogP contribution in [0.2, 0.25) is 5.02 Å². The summed E-state index contributed by atoms with van der Waals surface area (Å²) in [6, 6.07) is 8.39. The number of benzene rings is 1. The summed E-state index contributed by atoms with van der Waals surface area (Å²) in [4.78, 5) is 9.13. The van der Waals surface area contributed by atoms with E-state index >= 15 is 0 Å². The van der Waals surface area contributed by atoms with Gasteiger partial charge in [-0.05, 0) is 61.8 Å². The molecule has 162 valence electrons. The van der Waals surface area contributed by atoms with Gasteiger partial charge in [-0.2, -0.15) is 0 Å². The van der Waals surface area contributed by atoms with Crippen LogP contribution in [-0.2, 0) is 15.0 Å². The number of hydrogen-bond donors (Lipinski definition) is 1. The minimum absolute atomic E-state index is 0.0882. The molecule has 6 rings (SSSR count). The van der Waals surface area contributed by atoms with Crippen molar-refractivity contribution >= 4 is 17.6 Å². The van der Waals surface area contributed by atoms with Gasteiger partial charge >= 0.3 is 0 Å². The molecule has 2 saturated carbocycles. The van der Waals surface area contributed by atoms with Crippen LogP contribution in [0.25, 0.3) is 11.1 Å². The van der Waals surface area contributed by atoms with Crippen LogP contribution < -0.4 is 10.5 Å². The van der Waals surface area contributed by atoms with Gasteiger partial charge in [-0.15, -0.1) is 0 Å². The standard InChI is InChI=1S/C24H26ClN3O3/c25-17-7-16(10-27-11-17)15-3-5-21-19(8-15)24(13-30-23(26)28-24)20-9-18(4-6-22(20)31-21)29-12-14-1-2-14/h3,5,7-8,10-11,14,18,20,22H,1-2,4,6,9,12-13H2,(H2,26,28). The highest BCUT2D eigenvalue weighted by molar-refractivity contribution is 6.30. The maximum absolute atomic E-state index is 6.50. The van der Waals surface area contributed by atoms with Crippen LogP contribution in [0.1, 0.15) is 37.7 Å². The zero-order valence-electron chi connectivity index (χ0n) is 17.3. The number of pyridine rings is 1. The van der Waals surface area contributed by atoms with Gasteiger partial charge in [0.15, 0.2) is 0 Å². The lowest BCUT2D eigenvalue weighted by Crippen LogP contribution is -2.52. The topological polar surface area (TPSA) is 79.0 Å². The Morgan fingerprint density at radius 1 is 1.13 bits per heavy atom. The SMILES string of the molecule is NC1=NC2(CO1)c1cc(-c3cncc(Cl)c3)ccc1OC1CCC(OCC3CC3)CC12. The van der Waals surface area contributed by atoms with E-state index in [1.807, 2.05) is 24.4 Å². The fourth-order valence-electron chi connectivity index (χ4n) is 5.31. The van der Waals surface area contributed by atoms with Crippen molar-refractivity contribution in [3.05, 3.63) is 47.2 Å². The lowest BCUT2D eigenvalue weighted by Gasteiger charge is -2.48. The highest BCUT2D eigenvalue weighted by atomic mass is 35.5. The summed E-state index contributed by atoms with van der Waals surface area (Å²) in [5, 5.41) is 0.607. The molecule has 2 N–H and O–H groups in total. The van der Waals surface area contributed by atoms with Crippen LogP contribution in [0.15, 0.2) is 41.7 Å². The van der Waals surface area contributed by atoms with E-state index < -0.39 is 5.54 Å². The Bertz CT molecular complexity index is 1040. The monoisotopic (exact) mass is 439 g/mol. The highest BCUT2D eigenvalue weighted by Crippen LogP contribution is 2.53. The largest absolute Gasteiger partial charge is 0.490 e. The molecule has 0 amide bonds. The molecule has 2 aliphatic heterocycles. The predicted molar refractivity (Wildman–Crippen MR) is 118 cm³/mol. The minimum Gasteiger partial charge on any atom is -0.490 e. The van der Waals surface area contributed by atoms with Crippen molar-refractivity contribution < 1.29 is 14.2 Å². The molecule has 1 aromatic carbocycles. The number of nitrogens with two attached hydrogens (primary N) is 1. The molecule has 6 nitrogen and oxygen atoms in total. The van der Waals surface area contributed by atoms with E-state index in [1.54, 1.807) is 6.20 Å². The molecule has 1 spiro atoms. The summed E-state index contributed by atoms with van der Waals surface area (Å²) >= 11 is 6.18. The summed E-state index contributed by atoms with van der Waals surface area (Å²) in [7, 11) is 0. The smallest absolute Gasteiger partial charge is 0.283 e. The molecule has 2 fully saturated rings. The van der Waals surface area contributed by atoms with Crippen molar-refractivity contribution in [2.75, 3.05) is 13.2 Å². The van der Waals surface area contributed by atoms with Crippen molar-refractivity contribution in [1.82, 2.24) is 4.98 Å². The molecule has 2 aliphatic carbocycles. The van der Waals surface area contributed by atoms with Gasteiger partial charge in [0.2, 0.25) is 0 Å². The third-order valence-electron chi connectivity index (χ3n) is 7.13. The van der Waals surface area contributed by atoms with E-state index in [9.17, 15) is 0 Å². The second-order valence-electron chi connectivity index (χ2n) is 9.24. The quantitative estimate of drug-likeness (QED) is 0.768. The minimum atomic E-state index is -0.550. The number of ether oxygens (including phenoxy) is 3. The fraction of sp³-hybridized carbons (Fsp3) is 0.500.